The fourth-order valence-corrected chi connectivity index (χ4v) is 1.38. The molecule has 1 rings (SSSR count). The number of alkyl halides is 3. The second-order valence-corrected chi connectivity index (χ2v) is 4.41. The summed E-state index contributed by atoms with van der Waals surface area (Å²) in [5, 5.41) is 1.61. The molecule has 1 N–H and O–H groups in total. The van der Waals surface area contributed by atoms with Gasteiger partial charge in [0.1, 0.15) is 6.54 Å². The third-order valence-corrected chi connectivity index (χ3v) is 2.42. The molecule has 0 spiro atoms. The van der Waals surface area contributed by atoms with Crippen molar-refractivity contribution < 1.29 is 27.5 Å². The molecule has 0 aromatic heterocycles. The van der Waals surface area contributed by atoms with E-state index in [0.29, 0.717) is 0 Å². The summed E-state index contributed by atoms with van der Waals surface area (Å²) >= 11 is 0. The van der Waals surface area contributed by atoms with Crippen molar-refractivity contribution in [1.29, 1.82) is 0 Å². The van der Waals surface area contributed by atoms with Gasteiger partial charge in [0.15, 0.2) is 6.61 Å². The topological polar surface area (TPSA) is 58.6 Å². The average Bonchev–Trinajstić information content (AvgIpc) is 2.41. The predicted octanol–water partition coefficient (Wildman–Crippen LogP) is 1.59. The van der Waals surface area contributed by atoms with Gasteiger partial charge in [0, 0.05) is 19.8 Å². The molecule has 0 aliphatic rings. The lowest BCUT2D eigenvalue weighted by Gasteiger charge is -2.13. The Morgan fingerprint density at radius 1 is 1.29 bits per heavy atom. The minimum atomic E-state index is -4.50. The highest BCUT2D eigenvalue weighted by Crippen LogP contribution is 2.14. The maximum atomic E-state index is 11.9. The molecule has 116 valence electrons. The molecule has 5 nitrogen and oxygen atoms in total. The van der Waals surface area contributed by atoms with Crippen molar-refractivity contribution in [2.75, 3.05) is 32.1 Å². The first-order valence-corrected chi connectivity index (χ1v) is 5.97. The van der Waals surface area contributed by atoms with Crippen LogP contribution in [0, 0.1) is 0 Å². The molecule has 21 heavy (non-hydrogen) atoms. The van der Waals surface area contributed by atoms with Crippen LogP contribution in [0.15, 0.2) is 24.3 Å². The number of carbonyl (C=O) groups excluding carboxylic acids is 2. The van der Waals surface area contributed by atoms with Crippen LogP contribution in [0.3, 0.4) is 0 Å². The molecule has 0 aliphatic heterocycles. The number of esters is 1. The number of halogens is 3. The number of rotatable bonds is 5. The normalized spacial score (nSPS) is 10.9. The van der Waals surface area contributed by atoms with E-state index in [1.807, 2.05) is 0 Å². The van der Waals surface area contributed by atoms with Crippen LogP contribution in [0.5, 0.6) is 0 Å². The van der Waals surface area contributed by atoms with Crippen molar-refractivity contribution in [2.24, 2.45) is 0 Å². The van der Waals surface area contributed by atoms with E-state index < -0.39 is 31.2 Å². The SMILES string of the molecule is CN(C)c1cccc(C(=O)OCC(=O)NCC(F)(F)F)c1. The second-order valence-electron chi connectivity index (χ2n) is 4.41. The maximum absolute atomic E-state index is 11.9. The van der Waals surface area contributed by atoms with Gasteiger partial charge in [-0.3, -0.25) is 4.79 Å². The summed E-state index contributed by atoms with van der Waals surface area (Å²) in [7, 11) is 3.57. The largest absolute Gasteiger partial charge is 0.452 e. The number of anilines is 1. The Hall–Kier alpha value is -2.25. The van der Waals surface area contributed by atoms with Crippen LogP contribution in [0.2, 0.25) is 0 Å². The molecule has 1 aromatic carbocycles. The minimum Gasteiger partial charge on any atom is -0.452 e. The van der Waals surface area contributed by atoms with Crippen LogP contribution in [0.25, 0.3) is 0 Å². The summed E-state index contributed by atoms with van der Waals surface area (Å²) < 4.78 is 40.3. The molecule has 0 bridgehead atoms. The molecule has 0 aliphatic carbocycles. The van der Waals surface area contributed by atoms with Gasteiger partial charge >= 0.3 is 12.1 Å². The third-order valence-electron chi connectivity index (χ3n) is 2.42. The zero-order valence-electron chi connectivity index (χ0n) is 11.5. The number of amides is 1. The van der Waals surface area contributed by atoms with Crippen LogP contribution < -0.4 is 10.2 Å². The van der Waals surface area contributed by atoms with Crippen molar-refractivity contribution in [3.8, 4) is 0 Å². The highest BCUT2D eigenvalue weighted by atomic mass is 19.4. The Balaban J connectivity index is 2.50. The van der Waals surface area contributed by atoms with Gasteiger partial charge in [0.25, 0.3) is 5.91 Å². The van der Waals surface area contributed by atoms with Gasteiger partial charge in [-0.2, -0.15) is 13.2 Å². The van der Waals surface area contributed by atoms with E-state index in [1.165, 1.54) is 6.07 Å². The van der Waals surface area contributed by atoms with Crippen LogP contribution in [-0.4, -0.2) is 45.3 Å². The smallest absolute Gasteiger partial charge is 0.405 e. The molecule has 0 fully saturated rings. The van der Waals surface area contributed by atoms with Crippen molar-refractivity contribution in [3.05, 3.63) is 29.8 Å². The van der Waals surface area contributed by atoms with Gasteiger partial charge in [-0.15, -0.1) is 0 Å². The first-order valence-electron chi connectivity index (χ1n) is 5.97. The molecule has 1 amide bonds. The van der Waals surface area contributed by atoms with Crippen LogP contribution in [-0.2, 0) is 9.53 Å². The van der Waals surface area contributed by atoms with Crippen LogP contribution in [0.4, 0.5) is 18.9 Å². The van der Waals surface area contributed by atoms with E-state index in [0.717, 1.165) is 5.69 Å². The molecular formula is C13H15F3N2O3. The Labute approximate surface area is 119 Å². The van der Waals surface area contributed by atoms with Crippen molar-refractivity contribution >= 4 is 17.6 Å². The van der Waals surface area contributed by atoms with Gasteiger partial charge in [-0.25, -0.2) is 4.79 Å². The van der Waals surface area contributed by atoms with Crippen molar-refractivity contribution in [1.82, 2.24) is 5.32 Å². The quantitative estimate of drug-likeness (QED) is 0.839. The summed E-state index contributed by atoms with van der Waals surface area (Å²) in [4.78, 5) is 24.6. The summed E-state index contributed by atoms with van der Waals surface area (Å²) in [5.74, 6) is -1.79. The number of nitrogens with zero attached hydrogens (tertiary/aromatic N) is 1. The standard InChI is InChI=1S/C13H15F3N2O3/c1-18(2)10-5-3-4-9(6-10)12(20)21-7-11(19)17-8-13(14,15)16/h3-6H,7-8H2,1-2H3,(H,17,19). The van der Waals surface area contributed by atoms with Gasteiger partial charge in [0.2, 0.25) is 0 Å². The lowest BCUT2D eigenvalue weighted by Crippen LogP contribution is -2.36. The van der Waals surface area contributed by atoms with E-state index in [-0.39, 0.29) is 5.56 Å². The average molecular weight is 304 g/mol. The third kappa shape index (κ3) is 6.15. The fourth-order valence-electron chi connectivity index (χ4n) is 1.38. The molecule has 0 unspecified atom stereocenters. The lowest BCUT2D eigenvalue weighted by molar-refractivity contribution is -0.140. The van der Waals surface area contributed by atoms with Gasteiger partial charge in [-0.05, 0) is 18.2 Å². The highest BCUT2D eigenvalue weighted by Gasteiger charge is 2.27. The van der Waals surface area contributed by atoms with Gasteiger partial charge < -0.3 is 15.0 Å². The zero-order valence-corrected chi connectivity index (χ0v) is 11.5. The summed E-state index contributed by atoms with van der Waals surface area (Å²) in [6, 6.07) is 6.45. The first kappa shape index (κ1) is 16.8. The van der Waals surface area contributed by atoms with Gasteiger partial charge in [-0.1, -0.05) is 6.07 Å². The summed E-state index contributed by atoms with van der Waals surface area (Å²) in [6.07, 6.45) is -4.50. The Morgan fingerprint density at radius 2 is 1.95 bits per heavy atom. The fraction of sp³-hybridized carbons (Fsp3) is 0.385. The maximum Gasteiger partial charge on any atom is 0.405 e. The number of ether oxygens (including phenoxy) is 1. The van der Waals surface area contributed by atoms with Crippen LogP contribution in [0.1, 0.15) is 10.4 Å². The number of carbonyl (C=O) groups is 2. The minimum absolute atomic E-state index is 0.213. The van der Waals surface area contributed by atoms with Crippen molar-refractivity contribution in [2.45, 2.75) is 6.18 Å². The Morgan fingerprint density at radius 3 is 2.52 bits per heavy atom. The number of nitrogens with one attached hydrogen (secondary N) is 1. The number of hydrogen-bond donors (Lipinski definition) is 1. The van der Waals surface area contributed by atoms with E-state index >= 15 is 0 Å². The number of hydrogen-bond acceptors (Lipinski definition) is 4. The monoisotopic (exact) mass is 304 g/mol. The van der Waals surface area contributed by atoms with E-state index in [2.05, 4.69) is 4.74 Å². The summed E-state index contributed by atoms with van der Waals surface area (Å²) in [6.45, 7) is -2.22. The molecule has 0 saturated carbocycles. The Kier molecular flexibility index (Phi) is 5.57. The van der Waals surface area contributed by atoms with E-state index in [4.69, 9.17) is 0 Å². The van der Waals surface area contributed by atoms with Crippen LogP contribution >= 0.6 is 0 Å². The Bertz CT molecular complexity index is 516. The molecule has 1 aromatic rings. The number of benzene rings is 1. The molecule has 0 atom stereocenters. The summed E-state index contributed by atoms with van der Waals surface area (Å²) in [5.41, 5.74) is 0.968. The van der Waals surface area contributed by atoms with E-state index in [9.17, 15) is 22.8 Å². The molecule has 0 heterocycles. The predicted molar refractivity (Wildman–Crippen MR) is 70.1 cm³/mol. The highest BCUT2D eigenvalue weighted by molar-refractivity contribution is 5.92. The first-order chi connectivity index (χ1) is 9.69. The lowest BCUT2D eigenvalue weighted by atomic mass is 10.2. The molecular weight excluding hydrogens is 289 g/mol. The zero-order chi connectivity index (χ0) is 16.0. The molecule has 0 saturated heterocycles. The molecule has 8 heteroatoms. The molecule has 0 radical (unpaired) electrons. The van der Waals surface area contributed by atoms with Gasteiger partial charge in [0.05, 0.1) is 5.56 Å². The van der Waals surface area contributed by atoms with E-state index in [1.54, 1.807) is 42.5 Å². The van der Waals surface area contributed by atoms with Crippen molar-refractivity contribution in [3.63, 3.8) is 0 Å². The second kappa shape index (κ2) is 6.96.